The number of aryl methyl sites for hydroxylation is 1. The average Bonchev–Trinajstić information content (AvgIpc) is 3.35. The molecule has 0 unspecified atom stereocenters. The normalized spacial score (nSPS) is 15.2. The number of nitrogens with one attached hydrogen (secondary N) is 1. The van der Waals surface area contributed by atoms with Gasteiger partial charge >= 0.3 is 0 Å². The molecule has 1 saturated heterocycles. The first-order valence-electron chi connectivity index (χ1n) is 11.7. The van der Waals surface area contributed by atoms with Gasteiger partial charge in [-0.15, -0.1) is 0 Å². The first-order chi connectivity index (χ1) is 17.0. The third-order valence-corrected chi connectivity index (χ3v) is 6.44. The van der Waals surface area contributed by atoms with Crippen molar-refractivity contribution < 1.29 is 23.5 Å². The fraction of sp³-hybridized carbons (Fsp3) is 0.296. The molecule has 0 aliphatic carbocycles. The second-order valence-electron chi connectivity index (χ2n) is 8.83. The largest absolute Gasteiger partial charge is 0.454 e. The molecule has 3 heterocycles. The molecular weight excluding hydrogens is 449 g/mol. The van der Waals surface area contributed by atoms with Crippen LogP contribution in [-0.4, -0.2) is 41.6 Å². The number of amides is 2. The number of nitrogens with zero attached hydrogens (tertiary/aromatic N) is 2. The number of halogens is 1. The van der Waals surface area contributed by atoms with Gasteiger partial charge in [-0.25, -0.2) is 4.39 Å². The molecule has 1 fully saturated rings. The quantitative estimate of drug-likeness (QED) is 0.598. The van der Waals surface area contributed by atoms with Crippen LogP contribution < -0.4 is 14.8 Å². The maximum absolute atomic E-state index is 13.5. The Morgan fingerprint density at radius 3 is 2.66 bits per heavy atom. The van der Waals surface area contributed by atoms with Crippen molar-refractivity contribution in [1.29, 1.82) is 0 Å². The van der Waals surface area contributed by atoms with Gasteiger partial charge in [0.1, 0.15) is 5.82 Å². The Kier molecular flexibility index (Phi) is 6.35. The number of rotatable bonds is 5. The summed E-state index contributed by atoms with van der Waals surface area (Å²) >= 11 is 0. The second-order valence-corrected chi connectivity index (χ2v) is 8.83. The van der Waals surface area contributed by atoms with Crippen molar-refractivity contribution in [2.75, 3.05) is 19.9 Å². The molecule has 5 rings (SSSR count). The number of aromatic nitrogens is 1. The van der Waals surface area contributed by atoms with Crippen LogP contribution in [0.1, 0.15) is 56.4 Å². The molecule has 7 nitrogen and oxygen atoms in total. The summed E-state index contributed by atoms with van der Waals surface area (Å²) < 4.78 is 24.3. The van der Waals surface area contributed by atoms with Crippen molar-refractivity contribution in [1.82, 2.24) is 15.2 Å². The lowest BCUT2D eigenvalue weighted by atomic mass is 9.89. The van der Waals surface area contributed by atoms with Crippen LogP contribution in [0.15, 0.2) is 54.6 Å². The topological polar surface area (TPSA) is 80.8 Å². The third kappa shape index (κ3) is 4.96. The Morgan fingerprint density at radius 1 is 1.06 bits per heavy atom. The van der Waals surface area contributed by atoms with Gasteiger partial charge in [-0.2, -0.15) is 0 Å². The zero-order valence-electron chi connectivity index (χ0n) is 19.4. The number of ether oxygens (including phenoxy) is 2. The van der Waals surface area contributed by atoms with Crippen LogP contribution in [0.2, 0.25) is 0 Å². The predicted molar refractivity (Wildman–Crippen MR) is 127 cm³/mol. The predicted octanol–water partition coefficient (Wildman–Crippen LogP) is 4.21. The summed E-state index contributed by atoms with van der Waals surface area (Å²) in [6.07, 6.45) is 1.36. The SMILES string of the molecule is Cc1ccc(C(=O)NCc2ccc3c(c2)OCO3)c(C2CCN(C(=O)c3cccc(F)c3)CC2)n1. The minimum atomic E-state index is -0.425. The van der Waals surface area contributed by atoms with E-state index in [2.05, 4.69) is 5.32 Å². The molecule has 0 saturated carbocycles. The molecule has 35 heavy (non-hydrogen) atoms. The minimum absolute atomic E-state index is 0.0535. The number of benzene rings is 2. The number of pyridine rings is 1. The van der Waals surface area contributed by atoms with E-state index in [-0.39, 0.29) is 24.5 Å². The van der Waals surface area contributed by atoms with E-state index < -0.39 is 5.82 Å². The first kappa shape index (κ1) is 22.8. The number of piperidine rings is 1. The molecule has 0 spiro atoms. The molecule has 2 aromatic carbocycles. The second kappa shape index (κ2) is 9.74. The number of carbonyl (C=O) groups excluding carboxylic acids is 2. The highest BCUT2D eigenvalue weighted by Gasteiger charge is 2.28. The molecule has 8 heteroatoms. The van der Waals surface area contributed by atoms with E-state index in [1.807, 2.05) is 37.3 Å². The summed E-state index contributed by atoms with van der Waals surface area (Å²) in [5.41, 5.74) is 3.40. The van der Waals surface area contributed by atoms with Crippen LogP contribution >= 0.6 is 0 Å². The van der Waals surface area contributed by atoms with Crippen LogP contribution in [-0.2, 0) is 6.54 Å². The number of fused-ring (bicyclic) bond motifs is 1. The maximum atomic E-state index is 13.5. The van der Waals surface area contributed by atoms with Gasteiger partial charge in [0, 0.05) is 36.8 Å². The summed E-state index contributed by atoms with van der Waals surface area (Å²) in [4.78, 5) is 32.3. The van der Waals surface area contributed by atoms with Gasteiger partial charge in [-0.3, -0.25) is 14.6 Å². The zero-order chi connectivity index (χ0) is 24.4. The molecule has 0 radical (unpaired) electrons. The molecule has 2 aliphatic rings. The van der Waals surface area contributed by atoms with E-state index in [1.54, 1.807) is 17.0 Å². The van der Waals surface area contributed by atoms with E-state index in [4.69, 9.17) is 14.5 Å². The lowest BCUT2D eigenvalue weighted by Crippen LogP contribution is -2.38. The van der Waals surface area contributed by atoms with E-state index in [0.29, 0.717) is 55.1 Å². The first-order valence-corrected chi connectivity index (χ1v) is 11.7. The molecule has 1 N–H and O–H groups in total. The van der Waals surface area contributed by atoms with Gasteiger partial charge in [0.25, 0.3) is 11.8 Å². The van der Waals surface area contributed by atoms with Crippen molar-refractivity contribution >= 4 is 11.8 Å². The van der Waals surface area contributed by atoms with Crippen molar-refractivity contribution in [3.8, 4) is 11.5 Å². The van der Waals surface area contributed by atoms with Gasteiger partial charge in [0.2, 0.25) is 6.79 Å². The van der Waals surface area contributed by atoms with Crippen molar-refractivity contribution in [3.63, 3.8) is 0 Å². The molecule has 3 aromatic rings. The summed E-state index contributed by atoms with van der Waals surface area (Å²) in [5, 5.41) is 2.98. The van der Waals surface area contributed by atoms with Crippen LogP contribution in [0.4, 0.5) is 4.39 Å². The van der Waals surface area contributed by atoms with E-state index >= 15 is 0 Å². The smallest absolute Gasteiger partial charge is 0.253 e. The number of hydrogen-bond donors (Lipinski definition) is 1. The van der Waals surface area contributed by atoms with Crippen LogP contribution in [0.3, 0.4) is 0 Å². The minimum Gasteiger partial charge on any atom is -0.454 e. The average molecular weight is 476 g/mol. The monoisotopic (exact) mass is 475 g/mol. The van der Waals surface area contributed by atoms with Gasteiger partial charge in [0.15, 0.2) is 11.5 Å². The zero-order valence-corrected chi connectivity index (χ0v) is 19.4. The highest BCUT2D eigenvalue weighted by Crippen LogP contribution is 2.33. The molecular formula is C27H26FN3O4. The summed E-state index contributed by atoms with van der Waals surface area (Å²) in [7, 11) is 0. The van der Waals surface area contributed by atoms with E-state index in [0.717, 1.165) is 17.0 Å². The van der Waals surface area contributed by atoms with E-state index in [1.165, 1.54) is 12.1 Å². The fourth-order valence-electron chi connectivity index (χ4n) is 4.57. The maximum Gasteiger partial charge on any atom is 0.253 e. The third-order valence-electron chi connectivity index (χ3n) is 6.44. The van der Waals surface area contributed by atoms with Gasteiger partial charge in [0.05, 0.1) is 11.3 Å². The molecule has 180 valence electrons. The van der Waals surface area contributed by atoms with Crippen LogP contribution in [0.25, 0.3) is 0 Å². The van der Waals surface area contributed by atoms with E-state index in [9.17, 15) is 14.0 Å². The van der Waals surface area contributed by atoms with Crippen molar-refractivity contribution in [2.24, 2.45) is 0 Å². The van der Waals surface area contributed by atoms with Gasteiger partial charge < -0.3 is 19.7 Å². The van der Waals surface area contributed by atoms with Gasteiger partial charge in [-0.05, 0) is 67.8 Å². The highest BCUT2D eigenvalue weighted by molar-refractivity contribution is 5.96. The summed E-state index contributed by atoms with van der Waals surface area (Å²) in [5.74, 6) is 0.635. The Hall–Kier alpha value is -3.94. The van der Waals surface area contributed by atoms with Crippen molar-refractivity contribution in [2.45, 2.75) is 32.2 Å². The number of likely N-dealkylation sites (tertiary alicyclic amines) is 1. The molecule has 2 amide bonds. The Balaban J connectivity index is 1.25. The Labute approximate surface area is 202 Å². The van der Waals surface area contributed by atoms with Gasteiger partial charge in [-0.1, -0.05) is 12.1 Å². The number of hydrogen-bond acceptors (Lipinski definition) is 5. The Morgan fingerprint density at radius 2 is 1.86 bits per heavy atom. The summed E-state index contributed by atoms with van der Waals surface area (Å²) in [6.45, 7) is 3.50. The Bertz CT molecular complexity index is 1270. The lowest BCUT2D eigenvalue weighted by Gasteiger charge is -2.32. The molecule has 0 atom stereocenters. The summed E-state index contributed by atoms with van der Waals surface area (Å²) in [6, 6.07) is 15.0. The molecule has 0 bridgehead atoms. The molecule has 2 aliphatic heterocycles. The standard InChI is InChI=1S/C27H26FN3O4/c1-17-5-7-22(26(32)29-15-18-6-8-23-24(13-18)35-16-34-23)25(30-17)19-9-11-31(12-10-19)27(33)20-3-2-4-21(28)14-20/h2-8,13-14,19H,9-12,15-16H2,1H3,(H,29,32). The van der Waals surface area contributed by atoms with Crippen LogP contribution in [0.5, 0.6) is 11.5 Å². The van der Waals surface area contributed by atoms with Crippen LogP contribution in [0, 0.1) is 12.7 Å². The van der Waals surface area contributed by atoms with Crippen molar-refractivity contribution in [3.05, 3.63) is 88.5 Å². The fourth-order valence-corrected chi connectivity index (χ4v) is 4.57. The molecule has 1 aromatic heterocycles. The lowest BCUT2D eigenvalue weighted by molar-refractivity contribution is 0.0710. The number of carbonyl (C=O) groups is 2. The highest BCUT2D eigenvalue weighted by atomic mass is 19.1.